The molecule has 1 aromatic rings. The van der Waals surface area contributed by atoms with Gasteiger partial charge in [0.1, 0.15) is 4.21 Å². The first-order chi connectivity index (χ1) is 9.93. The third kappa shape index (κ3) is 5.06. The van der Waals surface area contributed by atoms with Gasteiger partial charge in [-0.2, -0.15) is 0 Å². The van der Waals surface area contributed by atoms with Gasteiger partial charge in [-0.05, 0) is 24.8 Å². The number of sulfonamides is 1. The van der Waals surface area contributed by atoms with Crippen LogP contribution in [0, 0.1) is 0 Å². The van der Waals surface area contributed by atoms with Gasteiger partial charge in [-0.1, -0.05) is 6.07 Å². The molecule has 0 unspecified atom stereocenters. The van der Waals surface area contributed by atoms with E-state index in [0.717, 1.165) is 0 Å². The Morgan fingerprint density at radius 3 is 2.62 bits per heavy atom. The Balaban J connectivity index is 2.47. The fourth-order valence-corrected chi connectivity index (χ4v) is 4.29. The lowest BCUT2D eigenvalue weighted by molar-refractivity contribution is -0.131. The molecule has 8 heteroatoms. The predicted octanol–water partition coefficient (Wildman–Crippen LogP) is 0.990. The van der Waals surface area contributed by atoms with E-state index in [9.17, 15) is 13.2 Å². The monoisotopic (exact) mass is 334 g/mol. The summed E-state index contributed by atoms with van der Waals surface area (Å²) in [6, 6.07) is 3.27. The van der Waals surface area contributed by atoms with Crippen LogP contribution in [0.4, 0.5) is 0 Å². The number of aliphatic hydroxyl groups excluding tert-OH is 1. The number of hydrogen-bond donors (Lipinski definition) is 1. The van der Waals surface area contributed by atoms with Gasteiger partial charge in [0.25, 0.3) is 10.0 Å². The minimum Gasteiger partial charge on any atom is -0.395 e. The van der Waals surface area contributed by atoms with Crippen molar-refractivity contribution in [3.05, 3.63) is 17.5 Å². The number of carbonyl (C=O) groups is 1. The summed E-state index contributed by atoms with van der Waals surface area (Å²) in [5.74, 6) is -0.0616. The lowest BCUT2D eigenvalue weighted by atomic mass is 10.2. The first kappa shape index (κ1) is 18.1. The number of thiophene rings is 1. The van der Waals surface area contributed by atoms with E-state index in [1.165, 1.54) is 22.7 Å². The molecule has 0 bridgehead atoms. The highest BCUT2D eigenvalue weighted by Gasteiger charge is 2.21. The van der Waals surface area contributed by atoms with Crippen molar-refractivity contribution in [1.82, 2.24) is 9.21 Å². The van der Waals surface area contributed by atoms with Gasteiger partial charge >= 0.3 is 0 Å². The van der Waals surface area contributed by atoms with Crippen LogP contribution in [0.15, 0.2) is 21.7 Å². The Labute approximate surface area is 130 Å². The Morgan fingerprint density at radius 2 is 2.10 bits per heavy atom. The van der Waals surface area contributed by atoms with Gasteiger partial charge in [-0.15, -0.1) is 11.3 Å². The van der Waals surface area contributed by atoms with Crippen LogP contribution >= 0.6 is 11.3 Å². The van der Waals surface area contributed by atoms with Crippen LogP contribution in [-0.4, -0.2) is 61.9 Å². The first-order valence-electron chi connectivity index (χ1n) is 6.82. The Hall–Kier alpha value is -0.960. The molecule has 120 valence electrons. The molecule has 0 aliphatic rings. The summed E-state index contributed by atoms with van der Waals surface area (Å²) in [4.78, 5) is 13.4. The smallest absolute Gasteiger partial charge is 0.252 e. The van der Waals surface area contributed by atoms with Crippen LogP contribution in [0.5, 0.6) is 0 Å². The molecule has 1 amide bonds. The largest absolute Gasteiger partial charge is 0.395 e. The number of likely N-dealkylation sites (N-methyl/N-ethyl adjacent to an activating group) is 1. The fraction of sp³-hybridized carbons (Fsp3) is 0.615. The zero-order valence-corrected chi connectivity index (χ0v) is 14.0. The van der Waals surface area contributed by atoms with Crippen molar-refractivity contribution in [2.24, 2.45) is 0 Å². The maximum Gasteiger partial charge on any atom is 0.252 e. The molecule has 0 saturated heterocycles. The number of amides is 1. The summed E-state index contributed by atoms with van der Waals surface area (Å²) < 4.78 is 25.9. The average molecular weight is 334 g/mol. The van der Waals surface area contributed by atoms with Crippen LogP contribution in [0.3, 0.4) is 0 Å². The average Bonchev–Trinajstić information content (AvgIpc) is 2.99. The van der Waals surface area contributed by atoms with Crippen molar-refractivity contribution >= 4 is 27.3 Å². The van der Waals surface area contributed by atoms with E-state index >= 15 is 0 Å². The molecular formula is C13H22N2O4S2. The van der Waals surface area contributed by atoms with Gasteiger partial charge in [0, 0.05) is 33.1 Å². The van der Waals surface area contributed by atoms with Crippen molar-refractivity contribution in [1.29, 1.82) is 0 Å². The van der Waals surface area contributed by atoms with Gasteiger partial charge < -0.3 is 10.0 Å². The molecule has 1 heterocycles. The highest BCUT2D eigenvalue weighted by Crippen LogP contribution is 2.20. The lowest BCUT2D eigenvalue weighted by Crippen LogP contribution is -2.34. The summed E-state index contributed by atoms with van der Waals surface area (Å²) in [5.41, 5.74) is 0. The van der Waals surface area contributed by atoms with Crippen LogP contribution < -0.4 is 0 Å². The van der Waals surface area contributed by atoms with Crippen molar-refractivity contribution in [2.75, 3.05) is 33.3 Å². The third-order valence-corrected chi connectivity index (χ3v) is 6.36. The van der Waals surface area contributed by atoms with Crippen LogP contribution in [0.2, 0.25) is 0 Å². The molecular weight excluding hydrogens is 312 g/mol. The second-order valence-electron chi connectivity index (χ2n) is 4.56. The highest BCUT2D eigenvalue weighted by molar-refractivity contribution is 7.91. The molecule has 0 spiro atoms. The van der Waals surface area contributed by atoms with E-state index < -0.39 is 10.0 Å². The molecule has 0 aromatic carbocycles. The van der Waals surface area contributed by atoms with Crippen LogP contribution in [0.1, 0.15) is 19.8 Å². The fourth-order valence-electron chi connectivity index (χ4n) is 1.87. The van der Waals surface area contributed by atoms with Crippen molar-refractivity contribution in [3.8, 4) is 0 Å². The number of carbonyl (C=O) groups excluding carboxylic acids is 1. The standard InChI is InChI=1S/C13H22N2O4S2/c1-3-15(9-10-16)12(17)6-4-8-14(2)21(18,19)13-7-5-11-20-13/h5,7,11,16H,3-4,6,8-10H2,1-2H3. The molecule has 21 heavy (non-hydrogen) atoms. The summed E-state index contributed by atoms with van der Waals surface area (Å²) in [5, 5.41) is 10.6. The van der Waals surface area contributed by atoms with Gasteiger partial charge in [0.15, 0.2) is 0 Å². The van der Waals surface area contributed by atoms with Crippen molar-refractivity contribution < 1.29 is 18.3 Å². The van der Waals surface area contributed by atoms with Crippen LogP contribution in [-0.2, 0) is 14.8 Å². The minimum atomic E-state index is -3.44. The molecule has 0 aliphatic carbocycles. The molecule has 0 atom stereocenters. The van der Waals surface area contributed by atoms with Crippen molar-refractivity contribution in [3.63, 3.8) is 0 Å². The molecule has 0 saturated carbocycles. The second kappa shape index (κ2) is 8.47. The number of aliphatic hydroxyl groups is 1. The van der Waals surface area contributed by atoms with E-state index in [1.54, 1.807) is 22.4 Å². The SMILES string of the molecule is CCN(CCO)C(=O)CCCN(C)S(=O)(=O)c1cccs1. The van der Waals surface area contributed by atoms with E-state index in [-0.39, 0.29) is 18.9 Å². The zero-order valence-electron chi connectivity index (χ0n) is 12.4. The summed E-state index contributed by atoms with van der Waals surface area (Å²) in [6.45, 7) is 2.94. The predicted molar refractivity (Wildman–Crippen MR) is 82.7 cm³/mol. The highest BCUT2D eigenvalue weighted by atomic mass is 32.2. The van der Waals surface area contributed by atoms with Gasteiger partial charge in [0.2, 0.25) is 5.91 Å². The molecule has 1 rings (SSSR count). The molecule has 0 aliphatic heterocycles. The number of rotatable bonds is 9. The molecule has 0 fully saturated rings. The second-order valence-corrected chi connectivity index (χ2v) is 7.78. The summed E-state index contributed by atoms with van der Waals surface area (Å²) >= 11 is 1.18. The Bertz CT molecular complexity index is 528. The normalized spacial score (nSPS) is 11.8. The number of nitrogens with zero attached hydrogens (tertiary/aromatic N) is 2. The van der Waals surface area contributed by atoms with E-state index in [0.29, 0.717) is 30.3 Å². The van der Waals surface area contributed by atoms with Crippen LogP contribution in [0.25, 0.3) is 0 Å². The maximum atomic E-state index is 12.2. The zero-order chi connectivity index (χ0) is 15.9. The molecule has 6 nitrogen and oxygen atoms in total. The third-order valence-electron chi connectivity index (χ3n) is 3.13. The molecule has 1 aromatic heterocycles. The van der Waals surface area contributed by atoms with E-state index in [2.05, 4.69) is 0 Å². The van der Waals surface area contributed by atoms with Gasteiger partial charge in [0.05, 0.1) is 6.61 Å². The van der Waals surface area contributed by atoms with Gasteiger partial charge in [-0.25, -0.2) is 12.7 Å². The van der Waals surface area contributed by atoms with E-state index in [1.807, 2.05) is 6.92 Å². The van der Waals surface area contributed by atoms with E-state index in [4.69, 9.17) is 5.11 Å². The quantitative estimate of drug-likeness (QED) is 0.730. The Kier molecular flexibility index (Phi) is 7.30. The Morgan fingerprint density at radius 1 is 1.38 bits per heavy atom. The summed E-state index contributed by atoms with van der Waals surface area (Å²) in [6.07, 6.45) is 0.736. The number of hydrogen-bond acceptors (Lipinski definition) is 5. The topological polar surface area (TPSA) is 77.9 Å². The minimum absolute atomic E-state index is 0.0616. The lowest BCUT2D eigenvalue weighted by Gasteiger charge is -2.20. The maximum absolute atomic E-state index is 12.2. The van der Waals surface area contributed by atoms with Crippen molar-refractivity contribution in [2.45, 2.75) is 24.0 Å². The first-order valence-corrected chi connectivity index (χ1v) is 9.14. The van der Waals surface area contributed by atoms with Gasteiger partial charge in [-0.3, -0.25) is 4.79 Å². The summed E-state index contributed by atoms with van der Waals surface area (Å²) in [7, 11) is -1.92. The molecule has 0 radical (unpaired) electrons. The molecule has 1 N–H and O–H groups in total.